The van der Waals surface area contributed by atoms with Crippen molar-refractivity contribution in [2.75, 3.05) is 0 Å². The van der Waals surface area contributed by atoms with Gasteiger partial charge in [0.15, 0.2) is 0 Å². The van der Waals surface area contributed by atoms with E-state index in [1.54, 1.807) is 6.07 Å². The highest BCUT2D eigenvalue weighted by Crippen LogP contribution is 2.32. The quantitative estimate of drug-likeness (QED) is 0.689. The van der Waals surface area contributed by atoms with Crippen molar-refractivity contribution in [3.05, 3.63) is 59.2 Å². The summed E-state index contributed by atoms with van der Waals surface area (Å²) in [5.74, 6) is -0.793. The van der Waals surface area contributed by atoms with Gasteiger partial charge in [0.25, 0.3) is 0 Å². The monoisotopic (exact) mass is 350 g/mol. The Labute approximate surface area is 133 Å². The first kappa shape index (κ1) is 18.0. The number of ether oxygens (including phenoxy) is 2. The summed E-state index contributed by atoms with van der Waals surface area (Å²) in [6, 6.07) is 9.47. The molecule has 8 heteroatoms. The van der Waals surface area contributed by atoms with Gasteiger partial charge in [0, 0.05) is 6.42 Å². The fourth-order valence-corrected chi connectivity index (χ4v) is 2.19. The average Bonchev–Trinajstić information content (AvgIpc) is 2.40. The Balaban J connectivity index is 2.28. The van der Waals surface area contributed by atoms with E-state index in [2.05, 4.69) is 9.47 Å². The van der Waals surface area contributed by atoms with Crippen LogP contribution >= 0.6 is 0 Å². The van der Waals surface area contributed by atoms with Crippen molar-refractivity contribution < 1.29 is 35.8 Å². The molecule has 0 unspecified atom stereocenters. The van der Waals surface area contributed by atoms with Crippen LogP contribution in [0.15, 0.2) is 42.5 Å². The fourth-order valence-electron chi connectivity index (χ4n) is 2.19. The highest BCUT2D eigenvalue weighted by molar-refractivity contribution is 5.44. The van der Waals surface area contributed by atoms with E-state index in [1.165, 1.54) is 31.2 Å². The Kier molecular flexibility index (Phi) is 4.96. The van der Waals surface area contributed by atoms with E-state index in [0.717, 1.165) is 12.1 Å². The maximum absolute atomic E-state index is 12.5. The van der Waals surface area contributed by atoms with Crippen molar-refractivity contribution in [3.8, 4) is 11.5 Å². The van der Waals surface area contributed by atoms with E-state index in [-0.39, 0.29) is 23.3 Å². The summed E-state index contributed by atoms with van der Waals surface area (Å²) in [7, 11) is 0. The first-order valence-electron chi connectivity index (χ1n) is 6.72. The summed E-state index contributed by atoms with van der Waals surface area (Å²) >= 11 is 0. The molecular formula is C16H12F6O2. The molecule has 0 saturated carbocycles. The lowest BCUT2D eigenvalue weighted by atomic mass is 10.0. The van der Waals surface area contributed by atoms with Gasteiger partial charge in [0.1, 0.15) is 11.5 Å². The molecule has 0 amide bonds. The van der Waals surface area contributed by atoms with Crippen molar-refractivity contribution in [2.24, 2.45) is 0 Å². The van der Waals surface area contributed by atoms with Crippen molar-refractivity contribution in [1.29, 1.82) is 0 Å². The molecule has 24 heavy (non-hydrogen) atoms. The van der Waals surface area contributed by atoms with Gasteiger partial charge in [-0.1, -0.05) is 30.3 Å². The minimum Gasteiger partial charge on any atom is -0.406 e. The van der Waals surface area contributed by atoms with Gasteiger partial charge in [-0.05, 0) is 35.7 Å². The predicted molar refractivity (Wildman–Crippen MR) is 73.8 cm³/mol. The van der Waals surface area contributed by atoms with Gasteiger partial charge in [0.2, 0.25) is 0 Å². The zero-order chi connectivity index (χ0) is 18.0. The van der Waals surface area contributed by atoms with Crippen LogP contribution in [0.5, 0.6) is 11.5 Å². The maximum Gasteiger partial charge on any atom is 0.573 e. The van der Waals surface area contributed by atoms with Crippen LogP contribution < -0.4 is 9.47 Å². The third-order valence-corrected chi connectivity index (χ3v) is 3.04. The number of para-hydroxylation sites is 1. The average molecular weight is 350 g/mol. The van der Waals surface area contributed by atoms with Crippen molar-refractivity contribution in [1.82, 2.24) is 0 Å². The van der Waals surface area contributed by atoms with Crippen molar-refractivity contribution >= 4 is 0 Å². The normalized spacial score (nSPS) is 12.1. The van der Waals surface area contributed by atoms with Gasteiger partial charge in [-0.3, -0.25) is 0 Å². The first-order valence-corrected chi connectivity index (χ1v) is 6.72. The third-order valence-electron chi connectivity index (χ3n) is 3.04. The maximum atomic E-state index is 12.5. The SMILES string of the molecule is Cc1cccc(Cc2cccc(OC(F)(F)F)c2)c1OC(F)(F)F. The molecule has 2 nitrogen and oxygen atoms in total. The van der Waals surface area contributed by atoms with Crippen LogP contribution in [0.2, 0.25) is 0 Å². The number of rotatable bonds is 4. The minimum atomic E-state index is -4.86. The van der Waals surface area contributed by atoms with E-state index < -0.39 is 18.5 Å². The van der Waals surface area contributed by atoms with Gasteiger partial charge >= 0.3 is 12.7 Å². The third kappa shape index (κ3) is 5.36. The van der Waals surface area contributed by atoms with Crippen molar-refractivity contribution in [3.63, 3.8) is 0 Å². The second-order valence-corrected chi connectivity index (χ2v) is 4.98. The molecule has 0 spiro atoms. The molecule has 0 aliphatic heterocycles. The molecule has 0 fully saturated rings. The molecule has 0 N–H and O–H groups in total. The van der Waals surface area contributed by atoms with Crippen LogP contribution in [0, 0.1) is 6.92 Å². The Hall–Kier alpha value is -2.38. The number of hydrogen-bond acceptors (Lipinski definition) is 2. The lowest BCUT2D eigenvalue weighted by Crippen LogP contribution is -2.19. The van der Waals surface area contributed by atoms with Crippen LogP contribution in [0.4, 0.5) is 26.3 Å². The van der Waals surface area contributed by atoms with Crippen LogP contribution in [-0.2, 0) is 6.42 Å². The van der Waals surface area contributed by atoms with Gasteiger partial charge in [-0.15, -0.1) is 26.3 Å². The van der Waals surface area contributed by atoms with Crippen molar-refractivity contribution in [2.45, 2.75) is 26.1 Å². The number of aryl methyl sites for hydroxylation is 1. The molecule has 0 aromatic heterocycles. The lowest BCUT2D eigenvalue weighted by Gasteiger charge is -2.16. The molecule has 2 aromatic carbocycles. The molecule has 0 heterocycles. The number of benzene rings is 2. The zero-order valence-electron chi connectivity index (χ0n) is 12.3. The highest BCUT2D eigenvalue weighted by atomic mass is 19.4. The summed E-state index contributed by atoms with van der Waals surface area (Å²) < 4.78 is 82.1. The van der Waals surface area contributed by atoms with E-state index in [9.17, 15) is 26.3 Å². The van der Waals surface area contributed by atoms with Crippen LogP contribution in [0.3, 0.4) is 0 Å². The van der Waals surface area contributed by atoms with Crippen LogP contribution in [-0.4, -0.2) is 12.7 Å². The molecule has 0 aliphatic rings. The smallest absolute Gasteiger partial charge is 0.406 e. The fraction of sp³-hybridized carbons (Fsp3) is 0.250. The summed E-state index contributed by atoms with van der Waals surface area (Å²) in [5.41, 5.74) is 0.832. The second-order valence-electron chi connectivity index (χ2n) is 4.98. The Morgan fingerprint density at radius 1 is 0.833 bits per heavy atom. The van der Waals surface area contributed by atoms with Gasteiger partial charge in [-0.2, -0.15) is 0 Å². The number of alkyl halides is 6. The molecule has 0 saturated heterocycles. The largest absolute Gasteiger partial charge is 0.573 e. The lowest BCUT2D eigenvalue weighted by molar-refractivity contribution is -0.276. The van der Waals surface area contributed by atoms with E-state index in [0.29, 0.717) is 5.56 Å². The molecule has 2 aromatic rings. The molecule has 0 radical (unpaired) electrons. The van der Waals surface area contributed by atoms with Gasteiger partial charge < -0.3 is 9.47 Å². The summed E-state index contributed by atoms with van der Waals surface area (Å²) in [6.45, 7) is 1.45. The molecular weight excluding hydrogens is 338 g/mol. The second kappa shape index (κ2) is 6.62. The number of hydrogen-bond donors (Lipinski definition) is 0. The van der Waals surface area contributed by atoms with Crippen LogP contribution in [0.1, 0.15) is 16.7 Å². The molecule has 0 aliphatic carbocycles. The Morgan fingerprint density at radius 2 is 1.46 bits per heavy atom. The molecule has 0 bridgehead atoms. The predicted octanol–water partition coefficient (Wildman–Crippen LogP) is 5.38. The summed E-state index contributed by atoms with van der Waals surface area (Å²) in [5, 5.41) is 0. The van der Waals surface area contributed by atoms with E-state index in [4.69, 9.17) is 0 Å². The van der Waals surface area contributed by atoms with E-state index in [1.807, 2.05) is 0 Å². The first-order chi connectivity index (χ1) is 11.0. The number of halogens is 6. The zero-order valence-corrected chi connectivity index (χ0v) is 12.3. The van der Waals surface area contributed by atoms with Crippen LogP contribution in [0.25, 0.3) is 0 Å². The molecule has 0 atom stereocenters. The topological polar surface area (TPSA) is 18.5 Å². The standard InChI is InChI=1S/C16H12F6O2/c1-10-4-2-6-12(14(10)24-16(20,21)22)8-11-5-3-7-13(9-11)23-15(17,18)19/h2-7,9H,8H2,1H3. The molecule has 2 rings (SSSR count). The summed E-state index contributed by atoms with van der Waals surface area (Å²) in [6.07, 6.45) is -9.74. The van der Waals surface area contributed by atoms with E-state index >= 15 is 0 Å². The Bertz CT molecular complexity index is 706. The molecule has 130 valence electrons. The highest BCUT2D eigenvalue weighted by Gasteiger charge is 2.33. The van der Waals surface area contributed by atoms with Gasteiger partial charge in [-0.25, -0.2) is 0 Å². The summed E-state index contributed by atoms with van der Waals surface area (Å²) in [4.78, 5) is 0. The Morgan fingerprint density at radius 3 is 2.08 bits per heavy atom. The minimum absolute atomic E-state index is 0.0395. The van der Waals surface area contributed by atoms with Gasteiger partial charge in [0.05, 0.1) is 0 Å².